The van der Waals surface area contributed by atoms with Crippen molar-refractivity contribution < 1.29 is 13.5 Å². The van der Waals surface area contributed by atoms with Crippen LogP contribution in [0.5, 0.6) is 5.75 Å². The van der Waals surface area contributed by atoms with Crippen LogP contribution >= 0.6 is 0 Å². The zero-order chi connectivity index (χ0) is 17.1. The van der Waals surface area contributed by atoms with Crippen molar-refractivity contribution >= 4 is 12.2 Å². The summed E-state index contributed by atoms with van der Waals surface area (Å²) in [5.74, 6) is 1.20. The predicted octanol–water partition coefficient (Wildman–Crippen LogP) is 3.59. The molecular formula is C18H22FN3O2. The molecule has 3 rings (SSSR count). The van der Waals surface area contributed by atoms with Crippen molar-refractivity contribution in [2.24, 2.45) is 0 Å². The number of hydrogen-bond acceptors (Lipinski definition) is 5. The van der Waals surface area contributed by atoms with Crippen LogP contribution in [-0.4, -0.2) is 41.8 Å². The lowest BCUT2D eigenvalue weighted by Gasteiger charge is -2.34. The van der Waals surface area contributed by atoms with Gasteiger partial charge in [-0.15, -0.1) is 10.2 Å². The van der Waals surface area contributed by atoms with Gasteiger partial charge in [-0.05, 0) is 57.1 Å². The Morgan fingerprint density at radius 2 is 2.17 bits per heavy atom. The zero-order valence-electron chi connectivity index (χ0n) is 14.2. The molecule has 1 aromatic carbocycles. The number of piperidine rings is 1. The number of methoxy groups -OCH3 is 1. The molecule has 0 saturated carbocycles. The Hall–Kier alpha value is -2.21. The Bertz CT molecular complexity index is 729. The largest absolute Gasteiger partial charge is 0.494 e. The lowest BCUT2D eigenvalue weighted by molar-refractivity contribution is 0.158. The first-order chi connectivity index (χ1) is 11.6. The number of likely N-dealkylation sites (tertiary alicyclic amines) is 1. The molecule has 0 aliphatic carbocycles. The van der Waals surface area contributed by atoms with E-state index in [4.69, 9.17) is 9.15 Å². The highest BCUT2D eigenvalue weighted by Gasteiger charge is 2.30. The molecule has 1 fully saturated rings. The molecule has 0 spiro atoms. The molecule has 0 unspecified atom stereocenters. The molecule has 1 aliphatic heterocycles. The molecule has 2 heterocycles. The number of hydrogen-bond donors (Lipinski definition) is 0. The van der Waals surface area contributed by atoms with E-state index in [0.717, 1.165) is 19.4 Å². The van der Waals surface area contributed by atoms with Crippen LogP contribution in [0.3, 0.4) is 0 Å². The molecule has 2 atom stereocenters. The van der Waals surface area contributed by atoms with Gasteiger partial charge in [-0.1, -0.05) is 6.07 Å². The van der Waals surface area contributed by atoms with E-state index in [1.165, 1.54) is 13.2 Å². The first-order valence-electron chi connectivity index (χ1n) is 8.13. The van der Waals surface area contributed by atoms with Crippen molar-refractivity contribution in [1.82, 2.24) is 15.1 Å². The van der Waals surface area contributed by atoms with Crippen LogP contribution in [0.4, 0.5) is 4.39 Å². The molecule has 5 nitrogen and oxygen atoms in total. The van der Waals surface area contributed by atoms with Gasteiger partial charge in [0.2, 0.25) is 11.8 Å². The summed E-state index contributed by atoms with van der Waals surface area (Å²) in [6.07, 6.45) is 5.63. The topological polar surface area (TPSA) is 51.4 Å². The van der Waals surface area contributed by atoms with Crippen LogP contribution in [0.15, 0.2) is 22.6 Å². The number of benzene rings is 1. The first-order valence-corrected chi connectivity index (χ1v) is 8.13. The Morgan fingerprint density at radius 3 is 2.92 bits per heavy atom. The third kappa shape index (κ3) is 3.48. The van der Waals surface area contributed by atoms with Crippen molar-refractivity contribution in [3.63, 3.8) is 0 Å². The Labute approximate surface area is 141 Å². The fourth-order valence-corrected chi connectivity index (χ4v) is 3.06. The molecule has 0 radical (unpaired) electrons. The number of halogens is 1. The van der Waals surface area contributed by atoms with E-state index in [1.807, 2.05) is 0 Å². The van der Waals surface area contributed by atoms with Crippen molar-refractivity contribution in [3.8, 4) is 5.75 Å². The summed E-state index contributed by atoms with van der Waals surface area (Å²) >= 11 is 0. The average Bonchev–Trinajstić information content (AvgIpc) is 3.04. The van der Waals surface area contributed by atoms with Gasteiger partial charge in [-0.25, -0.2) is 4.39 Å². The SMILES string of the molecule is COc1ccc(/C=C/c2nnc([C@H]3CCCN(C)[C@H]3C)o2)cc1F. The van der Waals surface area contributed by atoms with Crippen LogP contribution in [0, 0.1) is 5.82 Å². The van der Waals surface area contributed by atoms with E-state index >= 15 is 0 Å². The maximum atomic E-state index is 13.7. The van der Waals surface area contributed by atoms with E-state index in [2.05, 4.69) is 29.1 Å². The minimum Gasteiger partial charge on any atom is -0.494 e. The summed E-state index contributed by atoms with van der Waals surface area (Å²) in [6, 6.07) is 5.15. The fraction of sp³-hybridized carbons (Fsp3) is 0.444. The zero-order valence-corrected chi connectivity index (χ0v) is 14.2. The Balaban J connectivity index is 1.73. The standard InChI is InChI=1S/C18H22FN3O2/c1-12-14(5-4-10-22(12)2)18-21-20-17(24-18)9-7-13-6-8-16(23-3)15(19)11-13/h6-9,11-12,14H,4-5,10H2,1-3H3/b9-7+/t12-,14-/m0/s1. The number of ether oxygens (including phenoxy) is 1. The van der Waals surface area contributed by atoms with Gasteiger partial charge in [0.25, 0.3) is 0 Å². The van der Waals surface area contributed by atoms with Crippen molar-refractivity contribution in [3.05, 3.63) is 41.4 Å². The third-order valence-electron chi connectivity index (χ3n) is 4.67. The van der Waals surface area contributed by atoms with Crippen LogP contribution in [0.1, 0.15) is 43.0 Å². The highest BCUT2D eigenvalue weighted by Crippen LogP contribution is 2.31. The summed E-state index contributed by atoms with van der Waals surface area (Å²) in [6.45, 7) is 3.28. The van der Waals surface area contributed by atoms with Gasteiger partial charge in [0.1, 0.15) is 0 Å². The maximum Gasteiger partial charge on any atom is 0.240 e. The van der Waals surface area contributed by atoms with Crippen molar-refractivity contribution in [2.75, 3.05) is 20.7 Å². The lowest BCUT2D eigenvalue weighted by atomic mass is 9.91. The molecule has 1 aliphatic rings. The van der Waals surface area contributed by atoms with E-state index in [1.54, 1.807) is 24.3 Å². The van der Waals surface area contributed by atoms with Crippen LogP contribution < -0.4 is 4.74 Å². The van der Waals surface area contributed by atoms with E-state index in [0.29, 0.717) is 23.4 Å². The maximum absolute atomic E-state index is 13.7. The van der Waals surface area contributed by atoms with Gasteiger partial charge in [-0.2, -0.15) is 0 Å². The molecule has 2 aromatic rings. The van der Waals surface area contributed by atoms with Gasteiger partial charge in [0, 0.05) is 12.1 Å². The van der Waals surface area contributed by atoms with E-state index < -0.39 is 5.82 Å². The lowest BCUT2D eigenvalue weighted by Crippen LogP contribution is -2.39. The summed E-state index contributed by atoms with van der Waals surface area (Å²) < 4.78 is 24.4. The number of rotatable bonds is 4. The van der Waals surface area contributed by atoms with E-state index in [-0.39, 0.29) is 11.7 Å². The van der Waals surface area contributed by atoms with Crippen molar-refractivity contribution in [2.45, 2.75) is 31.7 Å². The Morgan fingerprint density at radius 1 is 1.33 bits per heavy atom. The molecule has 0 amide bonds. The van der Waals surface area contributed by atoms with Crippen LogP contribution in [0.2, 0.25) is 0 Å². The average molecular weight is 331 g/mol. The molecule has 128 valence electrons. The quantitative estimate of drug-likeness (QED) is 0.857. The molecule has 0 bridgehead atoms. The third-order valence-corrected chi connectivity index (χ3v) is 4.67. The molecular weight excluding hydrogens is 309 g/mol. The molecule has 0 N–H and O–H groups in total. The summed E-state index contributed by atoms with van der Waals surface area (Å²) in [7, 11) is 3.56. The Kier molecular flexibility index (Phi) is 4.94. The molecule has 6 heteroatoms. The molecule has 1 aromatic heterocycles. The fourth-order valence-electron chi connectivity index (χ4n) is 3.06. The normalized spacial score (nSPS) is 22.2. The first kappa shape index (κ1) is 16.6. The molecule has 24 heavy (non-hydrogen) atoms. The van der Waals surface area contributed by atoms with Crippen LogP contribution in [-0.2, 0) is 0 Å². The van der Waals surface area contributed by atoms with Gasteiger partial charge in [0.15, 0.2) is 11.6 Å². The van der Waals surface area contributed by atoms with Crippen LogP contribution in [0.25, 0.3) is 12.2 Å². The second kappa shape index (κ2) is 7.13. The van der Waals surface area contributed by atoms with Crippen molar-refractivity contribution in [1.29, 1.82) is 0 Å². The monoisotopic (exact) mass is 331 g/mol. The predicted molar refractivity (Wildman–Crippen MR) is 90.2 cm³/mol. The number of nitrogens with zero attached hydrogens (tertiary/aromatic N) is 3. The highest BCUT2D eigenvalue weighted by molar-refractivity contribution is 5.66. The minimum absolute atomic E-state index is 0.225. The second-order valence-electron chi connectivity index (χ2n) is 6.18. The summed E-state index contributed by atoms with van der Waals surface area (Å²) in [5.41, 5.74) is 0.707. The van der Waals surface area contributed by atoms with Gasteiger partial charge in [0.05, 0.1) is 13.0 Å². The van der Waals surface area contributed by atoms with Gasteiger partial charge in [-0.3, -0.25) is 0 Å². The number of aromatic nitrogens is 2. The van der Waals surface area contributed by atoms with Gasteiger partial charge < -0.3 is 14.1 Å². The summed E-state index contributed by atoms with van der Waals surface area (Å²) in [4.78, 5) is 2.31. The number of likely N-dealkylation sites (N-methyl/N-ethyl adjacent to an activating group) is 1. The second-order valence-corrected chi connectivity index (χ2v) is 6.18. The highest BCUT2D eigenvalue weighted by atomic mass is 19.1. The minimum atomic E-state index is -0.398. The van der Waals surface area contributed by atoms with E-state index in [9.17, 15) is 4.39 Å². The summed E-state index contributed by atoms with van der Waals surface area (Å²) in [5, 5.41) is 8.27. The smallest absolute Gasteiger partial charge is 0.240 e. The molecule has 1 saturated heterocycles. The van der Waals surface area contributed by atoms with Gasteiger partial charge >= 0.3 is 0 Å².